The van der Waals surface area contributed by atoms with Crippen LogP contribution in [0.1, 0.15) is 26.2 Å². The highest BCUT2D eigenvalue weighted by molar-refractivity contribution is 4.82. The van der Waals surface area contributed by atoms with Crippen molar-refractivity contribution in [1.82, 2.24) is 5.32 Å². The van der Waals surface area contributed by atoms with Gasteiger partial charge in [0.1, 0.15) is 0 Å². The van der Waals surface area contributed by atoms with Crippen LogP contribution in [0.25, 0.3) is 0 Å². The van der Waals surface area contributed by atoms with Crippen molar-refractivity contribution in [2.75, 3.05) is 13.2 Å². The molecule has 1 rings (SSSR count). The van der Waals surface area contributed by atoms with Gasteiger partial charge in [0.2, 0.25) is 0 Å². The molecule has 0 aliphatic heterocycles. The van der Waals surface area contributed by atoms with Crippen molar-refractivity contribution in [1.29, 1.82) is 0 Å². The smallest absolute Gasteiger partial charge is 0.0607 e. The van der Waals surface area contributed by atoms with Crippen molar-refractivity contribution in [3.8, 4) is 0 Å². The summed E-state index contributed by atoms with van der Waals surface area (Å²) in [6.45, 7) is 2.27. The SMILES string of the molecule is C[C@H]1CCC[C@@H]1NC(CO)CO. The van der Waals surface area contributed by atoms with Gasteiger partial charge in [0, 0.05) is 6.04 Å². The van der Waals surface area contributed by atoms with Crippen LogP contribution in [0.5, 0.6) is 0 Å². The number of hydrogen-bond acceptors (Lipinski definition) is 3. The monoisotopic (exact) mass is 173 g/mol. The third-order valence-electron chi connectivity index (χ3n) is 2.75. The molecule has 0 aromatic carbocycles. The summed E-state index contributed by atoms with van der Waals surface area (Å²) in [5.74, 6) is 0.686. The van der Waals surface area contributed by atoms with Gasteiger partial charge in [0.05, 0.1) is 19.3 Å². The first-order valence-corrected chi connectivity index (χ1v) is 4.75. The Balaban J connectivity index is 2.28. The molecule has 0 heterocycles. The van der Waals surface area contributed by atoms with Crippen LogP contribution >= 0.6 is 0 Å². The van der Waals surface area contributed by atoms with Crippen molar-refractivity contribution in [3.63, 3.8) is 0 Å². The van der Waals surface area contributed by atoms with Gasteiger partial charge in [-0.1, -0.05) is 13.3 Å². The fraction of sp³-hybridized carbons (Fsp3) is 1.00. The van der Waals surface area contributed by atoms with Gasteiger partial charge in [-0.05, 0) is 18.8 Å². The molecule has 1 saturated carbocycles. The predicted molar refractivity (Wildman–Crippen MR) is 47.9 cm³/mol. The van der Waals surface area contributed by atoms with Crippen molar-refractivity contribution in [2.45, 2.75) is 38.3 Å². The molecule has 3 N–H and O–H groups in total. The van der Waals surface area contributed by atoms with E-state index in [1.165, 1.54) is 19.3 Å². The Kier molecular flexibility index (Phi) is 3.98. The minimum absolute atomic E-state index is 0.0275. The molecule has 0 bridgehead atoms. The summed E-state index contributed by atoms with van der Waals surface area (Å²) < 4.78 is 0. The van der Waals surface area contributed by atoms with Crippen LogP contribution in [0.2, 0.25) is 0 Å². The van der Waals surface area contributed by atoms with E-state index in [0.29, 0.717) is 12.0 Å². The Morgan fingerprint density at radius 2 is 2.00 bits per heavy atom. The zero-order valence-corrected chi connectivity index (χ0v) is 7.66. The Morgan fingerprint density at radius 3 is 2.42 bits per heavy atom. The number of aliphatic hydroxyl groups excluding tert-OH is 2. The van der Waals surface area contributed by atoms with Crippen LogP contribution in [-0.2, 0) is 0 Å². The van der Waals surface area contributed by atoms with Crippen LogP contribution in [0.4, 0.5) is 0 Å². The molecular formula is C9H19NO2. The minimum atomic E-state index is -0.129. The van der Waals surface area contributed by atoms with Gasteiger partial charge < -0.3 is 15.5 Å². The molecule has 0 aromatic rings. The van der Waals surface area contributed by atoms with Gasteiger partial charge in [-0.3, -0.25) is 0 Å². The molecule has 1 fully saturated rings. The zero-order chi connectivity index (χ0) is 8.97. The van der Waals surface area contributed by atoms with E-state index in [-0.39, 0.29) is 19.3 Å². The fourth-order valence-corrected chi connectivity index (χ4v) is 1.86. The quantitative estimate of drug-likeness (QED) is 0.566. The lowest BCUT2D eigenvalue weighted by Gasteiger charge is -2.22. The van der Waals surface area contributed by atoms with Gasteiger partial charge in [0.15, 0.2) is 0 Å². The van der Waals surface area contributed by atoms with E-state index < -0.39 is 0 Å². The van der Waals surface area contributed by atoms with E-state index in [1.54, 1.807) is 0 Å². The molecule has 12 heavy (non-hydrogen) atoms. The number of nitrogens with one attached hydrogen (secondary N) is 1. The lowest BCUT2D eigenvalue weighted by Crippen LogP contribution is -2.43. The highest BCUT2D eigenvalue weighted by Gasteiger charge is 2.24. The van der Waals surface area contributed by atoms with E-state index in [9.17, 15) is 0 Å². The van der Waals surface area contributed by atoms with E-state index in [4.69, 9.17) is 10.2 Å². The lowest BCUT2D eigenvalue weighted by molar-refractivity contribution is 0.157. The Bertz CT molecular complexity index is 126. The maximum absolute atomic E-state index is 8.85. The molecule has 0 unspecified atom stereocenters. The second kappa shape index (κ2) is 4.80. The molecule has 0 amide bonds. The molecule has 0 aromatic heterocycles. The molecule has 2 atom stereocenters. The molecule has 1 aliphatic rings. The first-order chi connectivity index (χ1) is 5.77. The molecule has 0 spiro atoms. The molecule has 0 saturated heterocycles. The molecule has 1 aliphatic carbocycles. The molecule has 0 radical (unpaired) electrons. The van der Waals surface area contributed by atoms with Crippen LogP contribution in [0.3, 0.4) is 0 Å². The van der Waals surface area contributed by atoms with Gasteiger partial charge in [0.25, 0.3) is 0 Å². The summed E-state index contributed by atoms with van der Waals surface area (Å²) in [5.41, 5.74) is 0. The highest BCUT2D eigenvalue weighted by atomic mass is 16.3. The van der Waals surface area contributed by atoms with Crippen molar-refractivity contribution >= 4 is 0 Å². The zero-order valence-electron chi connectivity index (χ0n) is 7.66. The van der Waals surface area contributed by atoms with Crippen LogP contribution in [0.15, 0.2) is 0 Å². The Hall–Kier alpha value is -0.120. The largest absolute Gasteiger partial charge is 0.395 e. The van der Waals surface area contributed by atoms with E-state index in [1.807, 2.05) is 0 Å². The second-order valence-corrected chi connectivity index (χ2v) is 3.74. The highest BCUT2D eigenvalue weighted by Crippen LogP contribution is 2.24. The maximum Gasteiger partial charge on any atom is 0.0607 e. The minimum Gasteiger partial charge on any atom is -0.395 e. The summed E-state index contributed by atoms with van der Waals surface area (Å²) in [4.78, 5) is 0. The third-order valence-corrected chi connectivity index (χ3v) is 2.75. The van der Waals surface area contributed by atoms with Crippen molar-refractivity contribution in [2.24, 2.45) is 5.92 Å². The predicted octanol–water partition coefficient (Wildman–Crippen LogP) is 0.118. The number of aliphatic hydroxyl groups is 2. The summed E-state index contributed by atoms with van der Waals surface area (Å²) in [5, 5.41) is 21.0. The normalized spacial score (nSPS) is 30.0. The Labute approximate surface area is 73.8 Å². The van der Waals surface area contributed by atoms with Gasteiger partial charge in [-0.15, -0.1) is 0 Å². The molecule has 72 valence electrons. The number of hydrogen-bond donors (Lipinski definition) is 3. The maximum atomic E-state index is 8.85. The summed E-state index contributed by atoms with van der Waals surface area (Å²) in [6.07, 6.45) is 3.71. The molecule has 3 heteroatoms. The van der Waals surface area contributed by atoms with Crippen LogP contribution < -0.4 is 5.32 Å². The summed E-state index contributed by atoms with van der Waals surface area (Å²) in [7, 11) is 0. The fourth-order valence-electron chi connectivity index (χ4n) is 1.86. The van der Waals surface area contributed by atoms with E-state index >= 15 is 0 Å². The first-order valence-electron chi connectivity index (χ1n) is 4.75. The second-order valence-electron chi connectivity index (χ2n) is 3.74. The third kappa shape index (κ3) is 2.44. The Morgan fingerprint density at radius 1 is 1.33 bits per heavy atom. The van der Waals surface area contributed by atoms with Gasteiger partial charge >= 0.3 is 0 Å². The van der Waals surface area contributed by atoms with Gasteiger partial charge in [-0.25, -0.2) is 0 Å². The topological polar surface area (TPSA) is 52.5 Å². The average Bonchev–Trinajstić information content (AvgIpc) is 2.47. The van der Waals surface area contributed by atoms with Gasteiger partial charge in [-0.2, -0.15) is 0 Å². The van der Waals surface area contributed by atoms with E-state index in [2.05, 4.69) is 12.2 Å². The first kappa shape index (κ1) is 9.96. The van der Waals surface area contributed by atoms with Crippen LogP contribution in [0, 0.1) is 5.92 Å². The summed E-state index contributed by atoms with van der Waals surface area (Å²) in [6, 6.07) is 0.366. The van der Waals surface area contributed by atoms with Crippen molar-refractivity contribution < 1.29 is 10.2 Å². The lowest BCUT2D eigenvalue weighted by atomic mass is 10.1. The number of rotatable bonds is 4. The van der Waals surface area contributed by atoms with Crippen LogP contribution in [-0.4, -0.2) is 35.5 Å². The summed E-state index contributed by atoms with van der Waals surface area (Å²) >= 11 is 0. The van der Waals surface area contributed by atoms with Crippen molar-refractivity contribution in [3.05, 3.63) is 0 Å². The average molecular weight is 173 g/mol. The van der Waals surface area contributed by atoms with E-state index in [0.717, 1.165) is 0 Å². The standard InChI is InChI=1S/C9H19NO2/c1-7-3-2-4-9(7)10-8(5-11)6-12/h7-12H,2-6H2,1H3/t7-,9-/m0/s1. The molecular weight excluding hydrogens is 154 g/mol. The molecule has 3 nitrogen and oxygen atoms in total.